The van der Waals surface area contributed by atoms with E-state index < -0.39 is 0 Å². The molecule has 4 heteroatoms. The number of carbonyl (C=O) groups is 1. The van der Waals surface area contributed by atoms with Gasteiger partial charge in [-0.25, -0.2) is 0 Å². The zero-order valence-corrected chi connectivity index (χ0v) is 13.6. The summed E-state index contributed by atoms with van der Waals surface area (Å²) in [7, 11) is 0. The van der Waals surface area contributed by atoms with Crippen LogP contribution in [0.1, 0.15) is 71.1 Å². The summed E-state index contributed by atoms with van der Waals surface area (Å²) in [6.45, 7) is 3.23. The zero-order chi connectivity index (χ0) is 13.5. The van der Waals surface area contributed by atoms with Crippen LogP contribution in [0.3, 0.4) is 0 Å². The lowest BCUT2D eigenvalue weighted by molar-refractivity contribution is -0.122. The second-order valence-corrected chi connectivity index (χ2v) is 6.54. The van der Waals surface area contributed by atoms with E-state index >= 15 is 0 Å². The number of piperidine rings is 1. The summed E-state index contributed by atoms with van der Waals surface area (Å²) in [5.41, 5.74) is 0. The lowest BCUT2D eigenvalue weighted by Crippen LogP contribution is -2.46. The van der Waals surface area contributed by atoms with Gasteiger partial charge in [-0.2, -0.15) is 0 Å². The number of amides is 1. The molecule has 20 heavy (non-hydrogen) atoms. The van der Waals surface area contributed by atoms with Crippen molar-refractivity contribution >= 4 is 18.3 Å². The second-order valence-electron chi connectivity index (χ2n) is 6.54. The third-order valence-corrected chi connectivity index (χ3v) is 4.73. The standard InChI is InChI=1S/C16H30N2O.ClH/c1-13-12-15(10-11-17-13)18-16(19)9-5-8-14-6-3-2-4-7-14;/h13-15,17H,2-12H2,1H3,(H,18,19);1H. The first-order valence-corrected chi connectivity index (χ1v) is 8.27. The minimum Gasteiger partial charge on any atom is -0.353 e. The molecule has 1 aliphatic heterocycles. The minimum absolute atomic E-state index is 0. The van der Waals surface area contributed by atoms with Gasteiger partial charge in [-0.15, -0.1) is 12.4 Å². The number of halogens is 1. The van der Waals surface area contributed by atoms with Crippen LogP contribution in [0, 0.1) is 5.92 Å². The molecule has 2 atom stereocenters. The van der Waals surface area contributed by atoms with Gasteiger partial charge in [0, 0.05) is 18.5 Å². The van der Waals surface area contributed by atoms with E-state index in [4.69, 9.17) is 0 Å². The van der Waals surface area contributed by atoms with E-state index in [0.717, 1.165) is 38.1 Å². The van der Waals surface area contributed by atoms with Crippen LogP contribution in [0.4, 0.5) is 0 Å². The first-order valence-electron chi connectivity index (χ1n) is 8.27. The Morgan fingerprint density at radius 3 is 2.65 bits per heavy atom. The summed E-state index contributed by atoms with van der Waals surface area (Å²) in [4.78, 5) is 11.9. The quantitative estimate of drug-likeness (QED) is 0.817. The molecule has 0 aromatic carbocycles. The summed E-state index contributed by atoms with van der Waals surface area (Å²) in [5.74, 6) is 1.18. The Balaban J connectivity index is 0.00000200. The third kappa shape index (κ3) is 6.45. The van der Waals surface area contributed by atoms with E-state index in [1.165, 1.54) is 38.5 Å². The molecule has 1 heterocycles. The van der Waals surface area contributed by atoms with Crippen molar-refractivity contribution in [2.24, 2.45) is 5.92 Å². The summed E-state index contributed by atoms with van der Waals surface area (Å²) < 4.78 is 0. The largest absolute Gasteiger partial charge is 0.353 e. The molecule has 1 saturated heterocycles. The van der Waals surface area contributed by atoms with Gasteiger partial charge in [-0.3, -0.25) is 4.79 Å². The minimum atomic E-state index is 0. The van der Waals surface area contributed by atoms with Crippen molar-refractivity contribution < 1.29 is 4.79 Å². The van der Waals surface area contributed by atoms with Gasteiger partial charge < -0.3 is 10.6 Å². The highest BCUT2D eigenvalue weighted by atomic mass is 35.5. The molecular formula is C16H31ClN2O. The summed E-state index contributed by atoms with van der Waals surface area (Å²) in [6.07, 6.45) is 12.3. The lowest BCUT2D eigenvalue weighted by Gasteiger charge is -2.28. The maximum atomic E-state index is 11.9. The van der Waals surface area contributed by atoms with Crippen LogP contribution in [0.2, 0.25) is 0 Å². The van der Waals surface area contributed by atoms with Crippen LogP contribution in [-0.2, 0) is 4.79 Å². The normalized spacial score (nSPS) is 27.6. The monoisotopic (exact) mass is 302 g/mol. The summed E-state index contributed by atoms with van der Waals surface area (Å²) in [6, 6.07) is 0.944. The van der Waals surface area contributed by atoms with E-state index in [1.54, 1.807) is 0 Å². The third-order valence-electron chi connectivity index (χ3n) is 4.73. The van der Waals surface area contributed by atoms with E-state index in [2.05, 4.69) is 17.6 Å². The Labute approximate surface area is 130 Å². The molecule has 2 fully saturated rings. The molecule has 3 nitrogen and oxygen atoms in total. The first kappa shape index (κ1) is 17.8. The summed E-state index contributed by atoms with van der Waals surface area (Å²) in [5, 5.41) is 6.63. The second kappa shape index (κ2) is 9.62. The van der Waals surface area contributed by atoms with Crippen LogP contribution in [0.25, 0.3) is 0 Å². The molecule has 2 N–H and O–H groups in total. The van der Waals surface area contributed by atoms with Gasteiger partial charge in [0.05, 0.1) is 0 Å². The fraction of sp³-hybridized carbons (Fsp3) is 0.938. The first-order chi connectivity index (χ1) is 9.24. The van der Waals surface area contributed by atoms with Crippen molar-refractivity contribution in [2.45, 2.75) is 83.2 Å². The Morgan fingerprint density at radius 1 is 1.20 bits per heavy atom. The lowest BCUT2D eigenvalue weighted by atomic mass is 9.86. The molecule has 0 bridgehead atoms. The molecule has 0 aromatic heterocycles. The number of carbonyl (C=O) groups excluding carboxylic acids is 1. The SMILES string of the molecule is CC1CC(NC(=O)CCCC2CCCCC2)CCN1.Cl. The van der Waals surface area contributed by atoms with Crippen molar-refractivity contribution in [3.8, 4) is 0 Å². The Hall–Kier alpha value is -0.280. The average Bonchev–Trinajstić information content (AvgIpc) is 2.40. The van der Waals surface area contributed by atoms with Crippen molar-refractivity contribution in [3.63, 3.8) is 0 Å². The van der Waals surface area contributed by atoms with Gasteiger partial charge in [-0.05, 0) is 45.1 Å². The molecule has 2 rings (SSSR count). The number of hydrogen-bond acceptors (Lipinski definition) is 2. The Kier molecular flexibility index (Phi) is 8.55. The van der Waals surface area contributed by atoms with E-state index in [-0.39, 0.29) is 18.3 Å². The van der Waals surface area contributed by atoms with Crippen LogP contribution in [0.15, 0.2) is 0 Å². The van der Waals surface area contributed by atoms with Crippen molar-refractivity contribution in [3.05, 3.63) is 0 Å². The highest BCUT2D eigenvalue weighted by molar-refractivity contribution is 5.85. The van der Waals surface area contributed by atoms with Crippen molar-refractivity contribution in [1.82, 2.24) is 10.6 Å². The molecule has 1 amide bonds. The summed E-state index contributed by atoms with van der Waals surface area (Å²) >= 11 is 0. The van der Waals surface area contributed by atoms with E-state index in [9.17, 15) is 4.79 Å². The van der Waals surface area contributed by atoms with Crippen molar-refractivity contribution in [1.29, 1.82) is 0 Å². The maximum Gasteiger partial charge on any atom is 0.220 e. The predicted molar refractivity (Wildman–Crippen MR) is 86.3 cm³/mol. The molecule has 118 valence electrons. The molecule has 0 spiro atoms. The molecule has 0 aromatic rings. The van der Waals surface area contributed by atoms with Gasteiger partial charge >= 0.3 is 0 Å². The zero-order valence-electron chi connectivity index (χ0n) is 12.8. The molecule has 1 saturated carbocycles. The smallest absolute Gasteiger partial charge is 0.220 e. The van der Waals surface area contributed by atoms with Crippen LogP contribution < -0.4 is 10.6 Å². The highest BCUT2D eigenvalue weighted by Crippen LogP contribution is 2.27. The van der Waals surface area contributed by atoms with Crippen molar-refractivity contribution in [2.75, 3.05) is 6.54 Å². The fourth-order valence-corrected chi connectivity index (χ4v) is 3.59. The van der Waals surface area contributed by atoms with E-state index in [0.29, 0.717) is 12.1 Å². The number of hydrogen-bond donors (Lipinski definition) is 2. The predicted octanol–water partition coefficient (Wildman–Crippen LogP) is 3.42. The number of nitrogens with one attached hydrogen (secondary N) is 2. The highest BCUT2D eigenvalue weighted by Gasteiger charge is 2.20. The number of rotatable bonds is 5. The molecule has 2 unspecified atom stereocenters. The molecule has 0 radical (unpaired) electrons. The van der Waals surface area contributed by atoms with Gasteiger partial charge in [0.15, 0.2) is 0 Å². The molecule has 2 aliphatic rings. The van der Waals surface area contributed by atoms with Gasteiger partial charge in [0.1, 0.15) is 0 Å². The van der Waals surface area contributed by atoms with Crippen LogP contribution in [0.5, 0.6) is 0 Å². The van der Waals surface area contributed by atoms with E-state index in [1.807, 2.05) is 0 Å². The van der Waals surface area contributed by atoms with Crippen LogP contribution >= 0.6 is 12.4 Å². The van der Waals surface area contributed by atoms with Gasteiger partial charge in [0.25, 0.3) is 0 Å². The van der Waals surface area contributed by atoms with Gasteiger partial charge in [-0.1, -0.05) is 32.1 Å². The van der Waals surface area contributed by atoms with Gasteiger partial charge in [0.2, 0.25) is 5.91 Å². The Morgan fingerprint density at radius 2 is 1.95 bits per heavy atom. The average molecular weight is 303 g/mol. The Bertz CT molecular complexity index is 280. The topological polar surface area (TPSA) is 41.1 Å². The molecule has 1 aliphatic carbocycles. The van der Waals surface area contributed by atoms with Crippen LogP contribution in [-0.4, -0.2) is 24.5 Å². The maximum absolute atomic E-state index is 11.9. The molecular weight excluding hydrogens is 272 g/mol. The fourth-order valence-electron chi connectivity index (χ4n) is 3.59.